The van der Waals surface area contributed by atoms with E-state index in [1.54, 1.807) is 0 Å². The Labute approximate surface area is 127 Å². The van der Waals surface area contributed by atoms with E-state index < -0.39 is 10.0 Å². The molecule has 0 aliphatic heterocycles. The predicted molar refractivity (Wildman–Crippen MR) is 86.3 cm³/mol. The molecule has 0 spiro atoms. The van der Waals surface area contributed by atoms with Crippen molar-refractivity contribution in [1.82, 2.24) is 9.62 Å². The maximum absolute atomic E-state index is 12.5. The van der Waals surface area contributed by atoms with Crippen molar-refractivity contribution in [2.24, 2.45) is 0 Å². The lowest BCUT2D eigenvalue weighted by atomic mass is 10.1. The van der Waals surface area contributed by atoms with Crippen LogP contribution in [0.4, 0.5) is 5.69 Å². The van der Waals surface area contributed by atoms with Crippen molar-refractivity contribution in [3.8, 4) is 0 Å². The topological polar surface area (TPSA) is 61.4 Å². The molecular formula is C15H25N3O2S. The van der Waals surface area contributed by atoms with E-state index in [1.165, 1.54) is 12.8 Å². The fraction of sp³-hybridized carbons (Fsp3) is 0.600. The van der Waals surface area contributed by atoms with Gasteiger partial charge >= 0.3 is 0 Å². The maximum Gasteiger partial charge on any atom is 0.241 e. The van der Waals surface area contributed by atoms with Crippen molar-refractivity contribution in [2.45, 2.75) is 37.6 Å². The van der Waals surface area contributed by atoms with Crippen LogP contribution in [0.15, 0.2) is 17.0 Å². The molecule has 2 rings (SSSR count). The lowest BCUT2D eigenvalue weighted by molar-refractivity contribution is 0.329. The SMILES string of the molecule is CNc1cc(C)c(S(=O)(=O)NCCN(C)C2CC2)c(C)c1. The Kier molecular flexibility index (Phi) is 4.91. The quantitative estimate of drug-likeness (QED) is 0.805. The van der Waals surface area contributed by atoms with Crippen LogP contribution in [-0.4, -0.2) is 46.5 Å². The van der Waals surface area contributed by atoms with Crippen LogP contribution in [-0.2, 0) is 10.0 Å². The van der Waals surface area contributed by atoms with Gasteiger partial charge in [-0.3, -0.25) is 0 Å². The summed E-state index contributed by atoms with van der Waals surface area (Å²) in [4.78, 5) is 2.61. The second-order valence-corrected chi connectivity index (χ2v) is 7.50. The molecular weight excluding hydrogens is 286 g/mol. The summed E-state index contributed by atoms with van der Waals surface area (Å²) in [6.07, 6.45) is 2.46. The minimum absolute atomic E-state index is 0.399. The summed E-state index contributed by atoms with van der Waals surface area (Å²) in [5.41, 5.74) is 2.46. The summed E-state index contributed by atoms with van der Waals surface area (Å²) in [5.74, 6) is 0. The van der Waals surface area contributed by atoms with Gasteiger partial charge in [-0.15, -0.1) is 0 Å². The van der Waals surface area contributed by atoms with E-state index >= 15 is 0 Å². The molecule has 0 saturated heterocycles. The lowest BCUT2D eigenvalue weighted by Crippen LogP contribution is -2.34. The van der Waals surface area contributed by atoms with E-state index in [0.29, 0.717) is 17.5 Å². The van der Waals surface area contributed by atoms with Crippen LogP contribution in [0.2, 0.25) is 0 Å². The third-order valence-electron chi connectivity index (χ3n) is 3.94. The zero-order chi connectivity index (χ0) is 15.6. The molecule has 1 aliphatic rings. The normalized spacial score (nSPS) is 15.5. The zero-order valence-corrected chi connectivity index (χ0v) is 14.0. The van der Waals surface area contributed by atoms with Crippen molar-refractivity contribution < 1.29 is 8.42 Å². The molecule has 21 heavy (non-hydrogen) atoms. The molecule has 5 nitrogen and oxygen atoms in total. The minimum atomic E-state index is -3.45. The molecule has 1 fully saturated rings. The summed E-state index contributed by atoms with van der Waals surface area (Å²) >= 11 is 0. The van der Waals surface area contributed by atoms with Crippen LogP contribution in [0.25, 0.3) is 0 Å². The molecule has 118 valence electrons. The van der Waals surface area contributed by atoms with E-state index in [9.17, 15) is 8.42 Å². The molecule has 1 aromatic rings. The van der Waals surface area contributed by atoms with Crippen LogP contribution < -0.4 is 10.0 Å². The molecule has 0 atom stereocenters. The first-order valence-corrected chi connectivity index (χ1v) is 8.82. The van der Waals surface area contributed by atoms with Crippen LogP contribution in [0.1, 0.15) is 24.0 Å². The maximum atomic E-state index is 12.5. The number of anilines is 1. The smallest absolute Gasteiger partial charge is 0.241 e. The highest BCUT2D eigenvalue weighted by Gasteiger charge is 2.26. The molecule has 1 saturated carbocycles. The van der Waals surface area contributed by atoms with Gasteiger partial charge in [0.2, 0.25) is 10.0 Å². The Morgan fingerprint density at radius 3 is 2.29 bits per heavy atom. The van der Waals surface area contributed by atoms with Gasteiger partial charge in [-0.25, -0.2) is 13.1 Å². The number of aryl methyl sites for hydroxylation is 2. The number of nitrogens with zero attached hydrogens (tertiary/aromatic N) is 1. The van der Waals surface area contributed by atoms with Crippen LogP contribution in [0.3, 0.4) is 0 Å². The highest BCUT2D eigenvalue weighted by molar-refractivity contribution is 7.89. The predicted octanol–water partition coefficient (Wildman–Crippen LogP) is 1.72. The second-order valence-electron chi connectivity index (χ2n) is 5.80. The van der Waals surface area contributed by atoms with E-state index in [1.807, 2.05) is 40.1 Å². The minimum Gasteiger partial charge on any atom is -0.388 e. The summed E-state index contributed by atoms with van der Waals surface area (Å²) in [6, 6.07) is 4.36. The number of benzene rings is 1. The number of sulfonamides is 1. The summed E-state index contributed by atoms with van der Waals surface area (Å²) in [7, 11) is 0.422. The largest absolute Gasteiger partial charge is 0.388 e. The molecule has 0 aromatic heterocycles. The summed E-state index contributed by atoms with van der Waals surface area (Å²) in [6.45, 7) is 4.86. The van der Waals surface area contributed by atoms with E-state index in [-0.39, 0.29) is 0 Å². The zero-order valence-electron chi connectivity index (χ0n) is 13.2. The average molecular weight is 311 g/mol. The van der Waals surface area contributed by atoms with Gasteiger partial charge in [0, 0.05) is 31.9 Å². The third-order valence-corrected chi connectivity index (χ3v) is 5.71. The van der Waals surface area contributed by atoms with Gasteiger partial charge in [0.1, 0.15) is 0 Å². The summed E-state index contributed by atoms with van der Waals surface area (Å²) < 4.78 is 27.7. The van der Waals surface area contributed by atoms with Crippen molar-refractivity contribution in [2.75, 3.05) is 32.5 Å². The van der Waals surface area contributed by atoms with Crippen molar-refractivity contribution in [3.05, 3.63) is 23.3 Å². The molecule has 0 unspecified atom stereocenters. The van der Waals surface area contributed by atoms with Gasteiger partial charge in [0.05, 0.1) is 4.90 Å². The van der Waals surface area contributed by atoms with Crippen LogP contribution >= 0.6 is 0 Å². The van der Waals surface area contributed by atoms with E-state index in [2.05, 4.69) is 14.9 Å². The van der Waals surface area contributed by atoms with Gasteiger partial charge in [0.15, 0.2) is 0 Å². The Hall–Kier alpha value is -1.11. The van der Waals surface area contributed by atoms with Crippen molar-refractivity contribution in [1.29, 1.82) is 0 Å². The van der Waals surface area contributed by atoms with Crippen LogP contribution in [0, 0.1) is 13.8 Å². The first-order valence-electron chi connectivity index (χ1n) is 7.34. The fourth-order valence-corrected chi connectivity index (χ4v) is 4.11. The van der Waals surface area contributed by atoms with Gasteiger partial charge in [-0.2, -0.15) is 0 Å². The number of hydrogen-bond acceptors (Lipinski definition) is 4. The number of nitrogens with one attached hydrogen (secondary N) is 2. The number of hydrogen-bond donors (Lipinski definition) is 2. The second kappa shape index (κ2) is 6.34. The van der Waals surface area contributed by atoms with Crippen molar-refractivity contribution in [3.63, 3.8) is 0 Å². The van der Waals surface area contributed by atoms with Gasteiger partial charge < -0.3 is 10.2 Å². The monoisotopic (exact) mass is 311 g/mol. The van der Waals surface area contributed by atoms with E-state index in [0.717, 1.165) is 23.4 Å². The van der Waals surface area contributed by atoms with Gasteiger partial charge in [-0.1, -0.05) is 0 Å². The first kappa shape index (κ1) is 16.3. The molecule has 2 N–H and O–H groups in total. The standard InChI is InChI=1S/C15H25N3O2S/c1-11-9-13(16-3)10-12(2)15(11)21(19,20)17-7-8-18(4)14-5-6-14/h9-10,14,16-17H,5-8H2,1-4H3. The van der Waals surface area contributed by atoms with Crippen LogP contribution in [0.5, 0.6) is 0 Å². The Bertz CT molecular complexity index is 586. The Balaban J connectivity index is 2.08. The van der Waals surface area contributed by atoms with Crippen molar-refractivity contribution >= 4 is 15.7 Å². The Morgan fingerprint density at radius 2 is 1.81 bits per heavy atom. The molecule has 1 aromatic carbocycles. The molecule has 0 heterocycles. The highest BCUT2D eigenvalue weighted by atomic mass is 32.2. The average Bonchev–Trinajstić information content (AvgIpc) is 3.21. The fourth-order valence-electron chi connectivity index (χ4n) is 2.64. The Morgan fingerprint density at radius 1 is 1.24 bits per heavy atom. The highest BCUT2D eigenvalue weighted by Crippen LogP contribution is 2.25. The molecule has 0 radical (unpaired) electrons. The number of likely N-dealkylation sites (N-methyl/N-ethyl adjacent to an activating group) is 1. The number of rotatable bonds is 7. The molecule has 6 heteroatoms. The van der Waals surface area contributed by atoms with E-state index in [4.69, 9.17) is 0 Å². The van der Waals surface area contributed by atoms with Gasteiger partial charge in [-0.05, 0) is 57.0 Å². The molecule has 1 aliphatic carbocycles. The lowest BCUT2D eigenvalue weighted by Gasteiger charge is -2.17. The molecule has 0 amide bonds. The van der Waals surface area contributed by atoms with Gasteiger partial charge in [0.25, 0.3) is 0 Å². The first-order chi connectivity index (χ1) is 9.85. The molecule has 0 bridgehead atoms. The third kappa shape index (κ3) is 3.96. The summed E-state index contributed by atoms with van der Waals surface area (Å²) in [5, 5.41) is 3.04.